The van der Waals surface area contributed by atoms with E-state index < -0.39 is 0 Å². The Morgan fingerprint density at radius 3 is 2.90 bits per heavy atom. The summed E-state index contributed by atoms with van der Waals surface area (Å²) in [6, 6.07) is 1.82. The number of aryl methyl sites for hydroxylation is 2. The van der Waals surface area contributed by atoms with Crippen LogP contribution in [-0.2, 0) is 7.05 Å². The quantitative estimate of drug-likeness (QED) is 0.494. The van der Waals surface area contributed by atoms with Gasteiger partial charge >= 0.3 is 0 Å². The first-order valence-electron chi connectivity index (χ1n) is 5.91. The van der Waals surface area contributed by atoms with Crippen LogP contribution in [0.5, 0.6) is 0 Å². The van der Waals surface area contributed by atoms with Gasteiger partial charge in [0.05, 0.1) is 5.39 Å². The fourth-order valence-corrected chi connectivity index (χ4v) is 3.15. The van der Waals surface area contributed by atoms with Crippen LogP contribution < -0.4 is 5.56 Å². The minimum atomic E-state index is -0.0632. The van der Waals surface area contributed by atoms with E-state index in [0.717, 1.165) is 4.83 Å². The van der Waals surface area contributed by atoms with E-state index in [1.807, 2.05) is 15.8 Å². The molecule has 0 aromatic carbocycles. The second-order valence-electron chi connectivity index (χ2n) is 4.44. The Labute approximate surface area is 144 Å². The first kappa shape index (κ1) is 14.5. The van der Waals surface area contributed by atoms with Crippen molar-refractivity contribution < 1.29 is 4.52 Å². The van der Waals surface area contributed by atoms with Crippen LogP contribution in [-0.4, -0.2) is 53.6 Å². The predicted octanol–water partition coefficient (Wildman–Crippen LogP) is 1.23. The molecule has 4 rings (SSSR count). The molecule has 0 aliphatic rings. The number of imidazole rings is 1. The average Bonchev–Trinajstić information content (AvgIpc) is 3.12. The normalized spacial score (nSPS) is 11.1. The molecule has 0 aliphatic carbocycles. The van der Waals surface area contributed by atoms with Crippen LogP contribution in [0.15, 0.2) is 27.1 Å². The van der Waals surface area contributed by atoms with Crippen molar-refractivity contribution in [2.75, 3.05) is 0 Å². The Hall–Kier alpha value is -1.48. The van der Waals surface area contributed by atoms with Gasteiger partial charge in [-0.2, -0.15) is 4.98 Å². The summed E-state index contributed by atoms with van der Waals surface area (Å²) in [5.74, 6) is 0.847. The van der Waals surface area contributed by atoms with E-state index in [9.17, 15) is 4.79 Å². The number of aromatic nitrogens is 5. The Morgan fingerprint density at radius 2 is 2.19 bits per heavy atom. The van der Waals surface area contributed by atoms with Gasteiger partial charge < -0.3 is 4.52 Å². The molecule has 0 saturated heterocycles. The van der Waals surface area contributed by atoms with E-state index in [0.29, 0.717) is 28.4 Å². The molecule has 0 fully saturated rings. The third kappa shape index (κ3) is 1.98. The second kappa shape index (κ2) is 5.06. The van der Waals surface area contributed by atoms with Crippen molar-refractivity contribution in [3.05, 3.63) is 34.0 Å². The summed E-state index contributed by atoms with van der Waals surface area (Å²) in [6.45, 7) is 1.74. The monoisotopic (exact) mass is 310 g/mol. The largest absolute Gasteiger partial charge is 0.332 e. The summed E-state index contributed by atoms with van der Waals surface area (Å²) in [6.07, 6.45) is 1.67. The van der Waals surface area contributed by atoms with Crippen molar-refractivity contribution in [1.29, 1.82) is 0 Å². The fraction of sp³-hybridized carbons (Fsp3) is 0.167. The topological polar surface area (TPSA) is 78.2 Å². The zero-order valence-corrected chi connectivity index (χ0v) is 14.5. The van der Waals surface area contributed by atoms with Crippen LogP contribution in [0.25, 0.3) is 27.4 Å². The van der Waals surface area contributed by atoms with Gasteiger partial charge in [-0.25, -0.2) is 4.98 Å². The third-order valence-corrected chi connectivity index (χ3v) is 4.10. The summed E-state index contributed by atoms with van der Waals surface area (Å²) in [5, 5.41) is 6.33. The fourth-order valence-electron chi connectivity index (χ4n) is 2.28. The molecule has 9 heteroatoms. The first-order valence-corrected chi connectivity index (χ1v) is 6.78. The Balaban J connectivity index is 0.00000132. The molecule has 0 N–H and O–H groups in total. The second-order valence-corrected chi connectivity index (χ2v) is 5.33. The molecule has 21 heavy (non-hydrogen) atoms. The van der Waals surface area contributed by atoms with Gasteiger partial charge in [0.15, 0.2) is 17.2 Å². The van der Waals surface area contributed by atoms with E-state index in [1.165, 1.54) is 11.3 Å². The van der Waals surface area contributed by atoms with Crippen LogP contribution >= 0.6 is 11.3 Å². The molecule has 0 unspecified atom stereocenters. The predicted molar refractivity (Wildman–Crippen MR) is 79.6 cm³/mol. The van der Waals surface area contributed by atoms with E-state index in [1.54, 1.807) is 24.9 Å². The van der Waals surface area contributed by atoms with E-state index in [4.69, 9.17) is 4.52 Å². The van der Waals surface area contributed by atoms with Gasteiger partial charge in [0.25, 0.3) is 11.4 Å². The number of thiophene rings is 1. The zero-order chi connectivity index (χ0) is 13.9. The summed E-state index contributed by atoms with van der Waals surface area (Å²) >= 11 is 1.50. The van der Waals surface area contributed by atoms with Gasteiger partial charge in [-0.15, -0.1) is 11.3 Å². The maximum atomic E-state index is 12.4. The molecule has 1 radical (unpaired) electrons. The molecule has 0 bridgehead atoms. The number of rotatable bonds is 1. The summed E-state index contributed by atoms with van der Waals surface area (Å²) in [4.78, 5) is 21.7. The number of fused-ring (bicyclic) bond motifs is 3. The first-order chi connectivity index (χ1) is 9.66. The van der Waals surface area contributed by atoms with Gasteiger partial charge in [0.2, 0.25) is 0 Å². The van der Waals surface area contributed by atoms with Gasteiger partial charge in [-0.1, -0.05) is 5.16 Å². The van der Waals surface area contributed by atoms with Crippen LogP contribution in [0.1, 0.15) is 5.82 Å². The van der Waals surface area contributed by atoms with Crippen molar-refractivity contribution in [2.45, 2.75) is 6.92 Å². The van der Waals surface area contributed by atoms with Crippen molar-refractivity contribution in [2.24, 2.45) is 7.05 Å². The summed E-state index contributed by atoms with van der Waals surface area (Å²) in [7, 11) is 1.71. The molecule has 0 atom stereocenters. The van der Waals surface area contributed by atoms with Gasteiger partial charge in [-0.05, 0) is 18.4 Å². The van der Waals surface area contributed by atoms with Crippen molar-refractivity contribution in [3.63, 3.8) is 0 Å². The van der Waals surface area contributed by atoms with Crippen LogP contribution in [0.4, 0.5) is 0 Å². The molecule has 0 aliphatic heterocycles. The number of hydrogen-bond donors (Lipinski definition) is 0. The number of nitrogens with zero attached hydrogens (tertiary/aromatic N) is 5. The van der Waals surface area contributed by atoms with Gasteiger partial charge in [0.1, 0.15) is 11.2 Å². The smallest absolute Gasteiger partial charge is 0.280 e. The molecule has 4 aromatic rings. The molecule has 0 spiro atoms. The molecular formula is C12H9N5NaO2S. The number of hydrogen-bond acceptors (Lipinski definition) is 6. The van der Waals surface area contributed by atoms with Crippen molar-refractivity contribution in [3.8, 4) is 11.6 Å². The van der Waals surface area contributed by atoms with Crippen molar-refractivity contribution >= 4 is 56.8 Å². The molecule has 4 aromatic heterocycles. The maximum Gasteiger partial charge on any atom is 0.280 e. The molecule has 7 nitrogen and oxygen atoms in total. The van der Waals surface area contributed by atoms with Crippen molar-refractivity contribution in [1.82, 2.24) is 24.1 Å². The van der Waals surface area contributed by atoms with E-state index >= 15 is 0 Å². The van der Waals surface area contributed by atoms with Gasteiger partial charge in [0, 0.05) is 36.6 Å². The van der Waals surface area contributed by atoms with E-state index in [2.05, 4.69) is 15.1 Å². The molecule has 0 saturated carbocycles. The van der Waals surface area contributed by atoms with Crippen LogP contribution in [0.3, 0.4) is 0 Å². The van der Waals surface area contributed by atoms with Gasteiger partial charge in [-0.3, -0.25) is 13.8 Å². The third-order valence-electron chi connectivity index (χ3n) is 3.19. The zero-order valence-electron chi connectivity index (χ0n) is 11.7. The Kier molecular flexibility index (Phi) is 3.48. The average molecular weight is 310 g/mol. The molecule has 101 valence electrons. The summed E-state index contributed by atoms with van der Waals surface area (Å²) in [5.41, 5.74) is 1.10. The Bertz CT molecular complexity index is 1010. The standard InChI is InChI=1S/C12H9N5O2S.Na/c1-6-14-9(19-15-6)8-10-16(2)11(18)7-3-4-20-12(7)17(10)5-13-8;/h3-5H,1-2H3;. The van der Waals surface area contributed by atoms with Crippen LogP contribution in [0, 0.1) is 6.92 Å². The van der Waals surface area contributed by atoms with E-state index in [-0.39, 0.29) is 35.1 Å². The minimum absolute atomic E-state index is 0. The SMILES string of the molecule is Cc1noc(-c2ncn3c4sccc4c(=O)n(C)c23)n1.[Na]. The minimum Gasteiger partial charge on any atom is -0.332 e. The van der Waals surface area contributed by atoms with Crippen LogP contribution in [0.2, 0.25) is 0 Å². The summed E-state index contributed by atoms with van der Waals surface area (Å²) < 4.78 is 8.58. The molecule has 0 amide bonds. The molecule has 4 heterocycles. The molecular weight excluding hydrogens is 301 g/mol. The maximum absolute atomic E-state index is 12.4. The Morgan fingerprint density at radius 1 is 1.38 bits per heavy atom.